The van der Waals surface area contributed by atoms with Crippen molar-refractivity contribution in [3.63, 3.8) is 0 Å². The molecule has 1 amide bonds. The Morgan fingerprint density at radius 3 is 2.83 bits per heavy atom. The summed E-state index contributed by atoms with van der Waals surface area (Å²) in [6.45, 7) is 1.93. The Kier molecular flexibility index (Phi) is 4.46. The zero-order chi connectivity index (χ0) is 17.1. The van der Waals surface area contributed by atoms with E-state index in [0.717, 1.165) is 5.69 Å². The van der Waals surface area contributed by atoms with Gasteiger partial charge in [0.2, 0.25) is 0 Å². The largest absolute Gasteiger partial charge is 0.348 e. The van der Waals surface area contributed by atoms with E-state index in [2.05, 4.69) is 15.3 Å². The van der Waals surface area contributed by atoms with Crippen LogP contribution in [-0.2, 0) is 13.5 Å². The van der Waals surface area contributed by atoms with Crippen molar-refractivity contribution in [2.45, 2.75) is 19.4 Å². The van der Waals surface area contributed by atoms with Crippen LogP contribution in [0.2, 0.25) is 0 Å². The standard InChI is InChI=1S/C18H19FN4O/c1-12(9-13-10-20-11-21-13)22-18(24)17-8-7-16(23(17)2)14-5-3-4-6-15(14)19/h3-8,10-12H,9H2,1-2H3,(H,20,21)(H,22,24). The van der Waals surface area contributed by atoms with Gasteiger partial charge in [0.1, 0.15) is 11.5 Å². The molecular weight excluding hydrogens is 307 g/mol. The van der Waals surface area contributed by atoms with Crippen molar-refractivity contribution in [1.29, 1.82) is 0 Å². The summed E-state index contributed by atoms with van der Waals surface area (Å²) in [6.07, 6.45) is 4.01. The fourth-order valence-corrected chi connectivity index (χ4v) is 2.75. The first kappa shape index (κ1) is 16.0. The highest BCUT2D eigenvalue weighted by Crippen LogP contribution is 2.24. The third kappa shape index (κ3) is 3.22. The number of rotatable bonds is 5. The fraction of sp³-hybridized carbons (Fsp3) is 0.222. The Morgan fingerprint density at radius 2 is 2.12 bits per heavy atom. The van der Waals surface area contributed by atoms with E-state index in [1.165, 1.54) is 6.07 Å². The Bertz CT molecular complexity index is 839. The molecule has 0 aliphatic rings. The minimum atomic E-state index is -0.307. The van der Waals surface area contributed by atoms with Gasteiger partial charge in [-0.05, 0) is 31.2 Å². The van der Waals surface area contributed by atoms with Crippen LogP contribution in [0.4, 0.5) is 4.39 Å². The summed E-state index contributed by atoms with van der Waals surface area (Å²) >= 11 is 0. The first-order chi connectivity index (χ1) is 11.6. The van der Waals surface area contributed by atoms with E-state index in [1.54, 1.807) is 54.5 Å². The van der Waals surface area contributed by atoms with E-state index in [4.69, 9.17) is 0 Å². The number of carbonyl (C=O) groups is 1. The van der Waals surface area contributed by atoms with Crippen molar-refractivity contribution in [3.05, 3.63) is 66.1 Å². The van der Waals surface area contributed by atoms with Gasteiger partial charge in [0.15, 0.2) is 0 Å². The topological polar surface area (TPSA) is 62.7 Å². The molecule has 0 aliphatic carbocycles. The molecule has 3 rings (SSSR count). The zero-order valence-electron chi connectivity index (χ0n) is 13.6. The molecular formula is C18H19FN4O. The van der Waals surface area contributed by atoms with Gasteiger partial charge in [0, 0.05) is 37.0 Å². The highest BCUT2D eigenvalue weighted by Gasteiger charge is 2.17. The number of imidazole rings is 1. The molecule has 0 aliphatic heterocycles. The minimum absolute atomic E-state index is 0.0511. The summed E-state index contributed by atoms with van der Waals surface area (Å²) in [7, 11) is 1.76. The molecule has 24 heavy (non-hydrogen) atoms. The van der Waals surface area contributed by atoms with E-state index < -0.39 is 0 Å². The molecule has 0 saturated heterocycles. The monoisotopic (exact) mass is 326 g/mol. The first-order valence-electron chi connectivity index (χ1n) is 7.75. The van der Waals surface area contributed by atoms with E-state index in [1.807, 2.05) is 6.92 Å². The van der Waals surface area contributed by atoms with Crippen LogP contribution in [0.1, 0.15) is 23.1 Å². The van der Waals surface area contributed by atoms with Gasteiger partial charge < -0.3 is 14.9 Å². The molecule has 3 aromatic rings. The summed E-state index contributed by atoms with van der Waals surface area (Å²) in [5.74, 6) is -0.495. The van der Waals surface area contributed by atoms with Crippen molar-refractivity contribution >= 4 is 5.91 Å². The van der Waals surface area contributed by atoms with Crippen molar-refractivity contribution in [3.8, 4) is 11.3 Å². The lowest BCUT2D eigenvalue weighted by atomic mass is 10.1. The number of hydrogen-bond donors (Lipinski definition) is 2. The van der Waals surface area contributed by atoms with Crippen LogP contribution in [0, 0.1) is 5.82 Å². The lowest BCUT2D eigenvalue weighted by Crippen LogP contribution is -2.35. The van der Waals surface area contributed by atoms with Crippen LogP contribution >= 0.6 is 0 Å². The van der Waals surface area contributed by atoms with Crippen molar-refractivity contribution in [2.75, 3.05) is 0 Å². The molecule has 0 bridgehead atoms. The number of amides is 1. The Balaban J connectivity index is 1.75. The predicted octanol–water partition coefficient (Wildman–Crippen LogP) is 2.92. The van der Waals surface area contributed by atoms with Gasteiger partial charge >= 0.3 is 0 Å². The average Bonchev–Trinajstić information content (AvgIpc) is 3.17. The highest BCUT2D eigenvalue weighted by atomic mass is 19.1. The van der Waals surface area contributed by atoms with Gasteiger partial charge in [0.25, 0.3) is 5.91 Å². The van der Waals surface area contributed by atoms with Crippen LogP contribution in [0.5, 0.6) is 0 Å². The fourth-order valence-electron chi connectivity index (χ4n) is 2.75. The van der Waals surface area contributed by atoms with Crippen LogP contribution in [0.25, 0.3) is 11.3 Å². The van der Waals surface area contributed by atoms with E-state index in [-0.39, 0.29) is 17.8 Å². The quantitative estimate of drug-likeness (QED) is 0.757. The van der Waals surface area contributed by atoms with Crippen molar-refractivity contribution in [1.82, 2.24) is 19.9 Å². The molecule has 1 aromatic carbocycles. The number of aromatic amines is 1. The molecule has 2 N–H and O–H groups in total. The molecule has 0 spiro atoms. The number of halogens is 1. The van der Waals surface area contributed by atoms with Gasteiger partial charge in [-0.15, -0.1) is 0 Å². The van der Waals surface area contributed by atoms with Gasteiger partial charge in [-0.2, -0.15) is 0 Å². The number of aromatic nitrogens is 3. The molecule has 6 heteroatoms. The SMILES string of the molecule is CC(Cc1cnc[nH]1)NC(=O)c1ccc(-c2ccccc2F)n1C. The Morgan fingerprint density at radius 1 is 1.33 bits per heavy atom. The maximum absolute atomic E-state index is 14.0. The number of nitrogens with zero attached hydrogens (tertiary/aromatic N) is 2. The number of carbonyl (C=O) groups excluding carboxylic acids is 1. The second-order valence-corrected chi connectivity index (χ2v) is 5.80. The number of benzene rings is 1. The lowest BCUT2D eigenvalue weighted by molar-refractivity contribution is 0.0932. The van der Waals surface area contributed by atoms with Crippen molar-refractivity contribution in [2.24, 2.45) is 7.05 Å². The van der Waals surface area contributed by atoms with E-state index in [0.29, 0.717) is 23.4 Å². The molecule has 2 heterocycles. The second-order valence-electron chi connectivity index (χ2n) is 5.80. The summed E-state index contributed by atoms with van der Waals surface area (Å²) in [6, 6.07) is 9.95. The lowest BCUT2D eigenvalue weighted by Gasteiger charge is -2.14. The summed E-state index contributed by atoms with van der Waals surface area (Å²) in [5.41, 5.74) is 2.59. The van der Waals surface area contributed by atoms with Gasteiger partial charge in [-0.3, -0.25) is 4.79 Å². The van der Waals surface area contributed by atoms with Crippen LogP contribution in [0.3, 0.4) is 0 Å². The first-order valence-corrected chi connectivity index (χ1v) is 7.75. The minimum Gasteiger partial charge on any atom is -0.348 e. The predicted molar refractivity (Wildman–Crippen MR) is 90.0 cm³/mol. The maximum Gasteiger partial charge on any atom is 0.268 e. The third-order valence-electron chi connectivity index (χ3n) is 3.96. The molecule has 0 radical (unpaired) electrons. The van der Waals surface area contributed by atoms with Gasteiger partial charge in [-0.1, -0.05) is 12.1 Å². The normalized spacial score (nSPS) is 12.1. The maximum atomic E-state index is 14.0. The summed E-state index contributed by atoms with van der Waals surface area (Å²) in [5, 5.41) is 2.95. The van der Waals surface area contributed by atoms with E-state index >= 15 is 0 Å². The average molecular weight is 326 g/mol. The van der Waals surface area contributed by atoms with Crippen molar-refractivity contribution < 1.29 is 9.18 Å². The molecule has 2 aromatic heterocycles. The van der Waals surface area contributed by atoms with E-state index in [9.17, 15) is 9.18 Å². The molecule has 1 unspecified atom stereocenters. The zero-order valence-corrected chi connectivity index (χ0v) is 13.6. The molecule has 1 atom stereocenters. The van der Waals surface area contributed by atoms with Crippen LogP contribution in [-0.4, -0.2) is 26.5 Å². The summed E-state index contributed by atoms with van der Waals surface area (Å²) < 4.78 is 15.7. The molecule has 0 saturated carbocycles. The number of hydrogen-bond acceptors (Lipinski definition) is 2. The molecule has 5 nitrogen and oxygen atoms in total. The Labute approximate surface area is 139 Å². The number of nitrogens with one attached hydrogen (secondary N) is 2. The Hall–Kier alpha value is -2.89. The van der Waals surface area contributed by atoms with Crippen LogP contribution in [0.15, 0.2) is 48.9 Å². The second kappa shape index (κ2) is 6.70. The van der Waals surface area contributed by atoms with Crippen LogP contribution < -0.4 is 5.32 Å². The van der Waals surface area contributed by atoms with Gasteiger partial charge in [-0.25, -0.2) is 9.37 Å². The molecule has 0 fully saturated rings. The van der Waals surface area contributed by atoms with Gasteiger partial charge in [0.05, 0.1) is 12.0 Å². The smallest absolute Gasteiger partial charge is 0.268 e. The number of H-pyrrole nitrogens is 1. The third-order valence-corrected chi connectivity index (χ3v) is 3.96. The molecule has 124 valence electrons. The summed E-state index contributed by atoms with van der Waals surface area (Å²) in [4.78, 5) is 19.5. The highest BCUT2D eigenvalue weighted by molar-refractivity contribution is 5.94.